The van der Waals surface area contributed by atoms with Crippen LogP contribution in [0.25, 0.3) is 0 Å². The highest BCUT2D eigenvalue weighted by molar-refractivity contribution is 5.75. The molecule has 2 aromatic rings. The fourth-order valence-electron chi connectivity index (χ4n) is 4.82. The molecule has 2 aromatic carbocycles. The average molecular weight is 529 g/mol. The van der Waals surface area contributed by atoms with Crippen LogP contribution in [-0.4, -0.2) is 84.3 Å². The number of cyclic esters (lactones) is 1. The summed E-state index contributed by atoms with van der Waals surface area (Å²) in [5, 5.41) is 2.78. The van der Waals surface area contributed by atoms with Gasteiger partial charge < -0.3 is 33.7 Å². The summed E-state index contributed by atoms with van der Waals surface area (Å²) in [5.41, 5.74) is 1.93. The molecule has 2 atom stereocenters. The molecule has 206 valence electrons. The molecule has 1 amide bonds. The number of hydrogen-bond acceptors (Lipinski definition) is 9. The van der Waals surface area contributed by atoms with Gasteiger partial charge in [0, 0.05) is 32.1 Å². The number of hydrogen-bond donors (Lipinski definition) is 1. The van der Waals surface area contributed by atoms with E-state index in [9.17, 15) is 9.59 Å². The van der Waals surface area contributed by atoms with Crippen LogP contribution in [-0.2, 0) is 27.1 Å². The molecule has 0 aromatic heterocycles. The molecule has 2 heterocycles. The van der Waals surface area contributed by atoms with Crippen LogP contribution in [0, 0.1) is 11.8 Å². The molecule has 4 rings (SSSR count). The number of morpholine rings is 1. The third kappa shape index (κ3) is 7.08. The van der Waals surface area contributed by atoms with Gasteiger partial charge >= 0.3 is 12.1 Å². The number of ether oxygens (including phenoxy) is 6. The Morgan fingerprint density at radius 3 is 2.24 bits per heavy atom. The molecular weight excluding hydrogens is 492 g/mol. The quantitative estimate of drug-likeness (QED) is 0.441. The standard InChI is InChI=1S/C28H36N2O8/c1-33-23-6-4-19(16-25(23)34-2)14-21-18-37-27(31)22(21)15-20-5-7-24(26(17-20)35-3)38-28(32)29-8-9-30-10-12-36-13-11-30/h4-7,16-17,21-22H,8-15,18H2,1-3H3,(H,29,32)/t21-,22+/m0/s1. The molecule has 10 heteroatoms. The number of carbonyl (C=O) groups is 2. The van der Waals surface area contributed by atoms with Crippen LogP contribution in [0.15, 0.2) is 36.4 Å². The van der Waals surface area contributed by atoms with Gasteiger partial charge in [0.25, 0.3) is 0 Å². The van der Waals surface area contributed by atoms with Crippen molar-refractivity contribution >= 4 is 12.1 Å². The summed E-state index contributed by atoms with van der Waals surface area (Å²) < 4.78 is 32.5. The Bertz CT molecular complexity index is 1100. The highest BCUT2D eigenvalue weighted by Gasteiger charge is 2.37. The number of amides is 1. The first kappa shape index (κ1) is 27.5. The minimum atomic E-state index is -0.543. The second-order valence-corrected chi connectivity index (χ2v) is 9.35. The van der Waals surface area contributed by atoms with Gasteiger partial charge in [-0.1, -0.05) is 12.1 Å². The highest BCUT2D eigenvalue weighted by Crippen LogP contribution is 2.35. The largest absolute Gasteiger partial charge is 0.493 e. The van der Waals surface area contributed by atoms with Gasteiger partial charge in [0.15, 0.2) is 23.0 Å². The van der Waals surface area contributed by atoms with Gasteiger partial charge in [-0.05, 0) is 48.2 Å². The summed E-state index contributed by atoms with van der Waals surface area (Å²) in [4.78, 5) is 27.1. The lowest BCUT2D eigenvalue weighted by Crippen LogP contribution is -2.41. The van der Waals surface area contributed by atoms with Crippen LogP contribution < -0.4 is 24.3 Å². The second kappa shape index (κ2) is 13.3. The van der Waals surface area contributed by atoms with E-state index in [-0.39, 0.29) is 17.8 Å². The molecule has 0 radical (unpaired) electrons. The Morgan fingerprint density at radius 2 is 1.55 bits per heavy atom. The SMILES string of the molecule is COc1ccc(C[C@H]2COC(=O)[C@@H]2Cc2ccc(OC(=O)NCCN3CCOCC3)c(OC)c2)cc1OC. The fraction of sp³-hybridized carbons (Fsp3) is 0.500. The summed E-state index contributed by atoms with van der Waals surface area (Å²) in [6.07, 6.45) is 0.609. The molecule has 38 heavy (non-hydrogen) atoms. The van der Waals surface area contributed by atoms with Gasteiger partial charge in [-0.25, -0.2) is 4.79 Å². The topological polar surface area (TPSA) is 105 Å². The van der Waals surface area contributed by atoms with Crippen LogP contribution in [0.5, 0.6) is 23.0 Å². The lowest BCUT2D eigenvalue weighted by atomic mass is 9.85. The van der Waals surface area contributed by atoms with Crippen LogP contribution >= 0.6 is 0 Å². The van der Waals surface area contributed by atoms with Crippen molar-refractivity contribution in [3.05, 3.63) is 47.5 Å². The zero-order valence-electron chi connectivity index (χ0n) is 22.2. The first-order chi connectivity index (χ1) is 18.5. The third-order valence-electron chi connectivity index (χ3n) is 6.94. The van der Waals surface area contributed by atoms with Crippen molar-refractivity contribution in [1.29, 1.82) is 0 Å². The van der Waals surface area contributed by atoms with Crippen molar-refractivity contribution in [3.8, 4) is 23.0 Å². The van der Waals surface area contributed by atoms with E-state index in [2.05, 4.69) is 10.2 Å². The summed E-state index contributed by atoms with van der Waals surface area (Å²) in [6, 6.07) is 11.1. The Morgan fingerprint density at radius 1 is 0.921 bits per heavy atom. The van der Waals surface area contributed by atoms with Crippen LogP contribution in [0.2, 0.25) is 0 Å². The smallest absolute Gasteiger partial charge is 0.412 e. The Labute approximate surface area is 223 Å². The molecule has 0 aliphatic carbocycles. The molecule has 0 saturated carbocycles. The predicted molar refractivity (Wildman–Crippen MR) is 139 cm³/mol. The van der Waals surface area contributed by atoms with Gasteiger partial charge in [-0.15, -0.1) is 0 Å². The second-order valence-electron chi connectivity index (χ2n) is 9.35. The van der Waals surface area contributed by atoms with E-state index < -0.39 is 6.09 Å². The van der Waals surface area contributed by atoms with Crippen molar-refractivity contribution in [2.24, 2.45) is 11.8 Å². The van der Waals surface area contributed by atoms with E-state index in [0.29, 0.717) is 62.2 Å². The van der Waals surface area contributed by atoms with Crippen LogP contribution in [0.4, 0.5) is 4.79 Å². The maximum absolute atomic E-state index is 12.6. The van der Waals surface area contributed by atoms with Crippen molar-refractivity contribution in [2.45, 2.75) is 12.8 Å². The van der Waals surface area contributed by atoms with Crippen molar-refractivity contribution in [2.75, 3.05) is 67.3 Å². The fourth-order valence-corrected chi connectivity index (χ4v) is 4.82. The number of esters is 1. The van der Waals surface area contributed by atoms with E-state index in [1.54, 1.807) is 26.4 Å². The summed E-state index contributed by atoms with van der Waals surface area (Å²) in [7, 11) is 4.72. The molecule has 2 fully saturated rings. The third-order valence-corrected chi connectivity index (χ3v) is 6.94. The zero-order chi connectivity index (χ0) is 26.9. The van der Waals surface area contributed by atoms with Gasteiger partial charge in [-0.2, -0.15) is 0 Å². The average Bonchev–Trinajstić information content (AvgIpc) is 3.28. The number of carbonyl (C=O) groups excluding carboxylic acids is 2. The van der Waals surface area contributed by atoms with E-state index in [0.717, 1.165) is 30.8 Å². The molecule has 2 aliphatic heterocycles. The van der Waals surface area contributed by atoms with Crippen LogP contribution in [0.3, 0.4) is 0 Å². The summed E-state index contributed by atoms with van der Waals surface area (Å²) in [6.45, 7) is 4.71. The van der Waals surface area contributed by atoms with E-state index >= 15 is 0 Å². The number of rotatable bonds is 11. The van der Waals surface area contributed by atoms with E-state index in [4.69, 9.17) is 28.4 Å². The molecule has 2 saturated heterocycles. The molecule has 1 N–H and O–H groups in total. The number of methoxy groups -OCH3 is 3. The number of nitrogens with one attached hydrogen (secondary N) is 1. The van der Waals surface area contributed by atoms with E-state index in [1.165, 1.54) is 7.11 Å². The molecular formula is C28H36N2O8. The molecule has 0 spiro atoms. The Balaban J connectivity index is 1.35. The zero-order valence-corrected chi connectivity index (χ0v) is 22.2. The monoisotopic (exact) mass is 528 g/mol. The number of nitrogens with zero attached hydrogens (tertiary/aromatic N) is 1. The number of benzene rings is 2. The first-order valence-electron chi connectivity index (χ1n) is 12.8. The normalized spacial score (nSPS) is 19.5. The summed E-state index contributed by atoms with van der Waals surface area (Å²) in [5.74, 6) is 1.55. The lowest BCUT2D eigenvalue weighted by molar-refractivity contribution is -0.141. The molecule has 10 nitrogen and oxygen atoms in total. The lowest BCUT2D eigenvalue weighted by Gasteiger charge is -2.26. The van der Waals surface area contributed by atoms with Crippen molar-refractivity contribution in [3.63, 3.8) is 0 Å². The van der Waals surface area contributed by atoms with Crippen molar-refractivity contribution < 1.29 is 38.0 Å². The van der Waals surface area contributed by atoms with E-state index in [1.807, 2.05) is 24.3 Å². The van der Waals surface area contributed by atoms with Gasteiger partial charge in [0.05, 0.1) is 47.1 Å². The van der Waals surface area contributed by atoms with Crippen molar-refractivity contribution in [1.82, 2.24) is 10.2 Å². The summed E-state index contributed by atoms with van der Waals surface area (Å²) >= 11 is 0. The Hall–Kier alpha value is -3.50. The van der Waals surface area contributed by atoms with Crippen LogP contribution in [0.1, 0.15) is 11.1 Å². The molecule has 0 unspecified atom stereocenters. The maximum atomic E-state index is 12.6. The highest BCUT2D eigenvalue weighted by atomic mass is 16.6. The molecule has 0 bridgehead atoms. The maximum Gasteiger partial charge on any atom is 0.412 e. The minimum Gasteiger partial charge on any atom is -0.493 e. The predicted octanol–water partition coefficient (Wildman–Crippen LogP) is 2.71. The minimum absolute atomic E-state index is 0.0137. The first-order valence-corrected chi connectivity index (χ1v) is 12.8. The molecule has 2 aliphatic rings. The van der Waals surface area contributed by atoms with Gasteiger partial charge in [0.2, 0.25) is 0 Å². The Kier molecular flexibility index (Phi) is 9.67. The van der Waals surface area contributed by atoms with Gasteiger partial charge in [0.1, 0.15) is 0 Å². The van der Waals surface area contributed by atoms with Gasteiger partial charge in [-0.3, -0.25) is 9.69 Å².